The Kier molecular flexibility index (Phi) is 9.20. The molecule has 0 saturated heterocycles. The summed E-state index contributed by atoms with van der Waals surface area (Å²) in [4.78, 5) is 0. The highest BCUT2D eigenvalue weighted by molar-refractivity contribution is 5.22. The number of allylic oxidation sites excluding steroid dienone is 1. The summed E-state index contributed by atoms with van der Waals surface area (Å²) in [6, 6.07) is 9.09. The second kappa shape index (κ2) is 11.5. The van der Waals surface area contributed by atoms with E-state index < -0.39 is 0 Å². The zero-order valence-electron chi connectivity index (χ0n) is 15.6. The normalized spacial score (nSPS) is 20.9. The van der Waals surface area contributed by atoms with E-state index in [-0.39, 0.29) is 0 Å². The molecule has 24 heavy (non-hydrogen) atoms. The summed E-state index contributed by atoms with van der Waals surface area (Å²) in [6.45, 7) is 7.76. The van der Waals surface area contributed by atoms with Gasteiger partial charge in [0, 0.05) is 6.61 Å². The molecular formula is C23H36O. The van der Waals surface area contributed by atoms with Gasteiger partial charge in [-0.2, -0.15) is 0 Å². The van der Waals surface area contributed by atoms with E-state index in [9.17, 15) is 0 Å². The van der Waals surface area contributed by atoms with E-state index in [0.717, 1.165) is 25.0 Å². The van der Waals surface area contributed by atoms with Gasteiger partial charge >= 0.3 is 0 Å². The molecule has 0 spiro atoms. The van der Waals surface area contributed by atoms with E-state index in [1.807, 2.05) is 0 Å². The maximum Gasteiger partial charge on any atom is 0.0716 e. The quantitative estimate of drug-likeness (QED) is 0.324. The Labute approximate surface area is 149 Å². The Hall–Kier alpha value is -1.08. The first kappa shape index (κ1) is 19.2. The van der Waals surface area contributed by atoms with Crippen LogP contribution in [0.15, 0.2) is 36.9 Å². The van der Waals surface area contributed by atoms with E-state index in [1.54, 1.807) is 0 Å². The van der Waals surface area contributed by atoms with Crippen LogP contribution in [-0.2, 0) is 17.8 Å². The summed E-state index contributed by atoms with van der Waals surface area (Å²) >= 11 is 0. The summed E-state index contributed by atoms with van der Waals surface area (Å²) in [5.74, 6) is 1.85. The van der Waals surface area contributed by atoms with Crippen LogP contribution in [0.2, 0.25) is 0 Å². The van der Waals surface area contributed by atoms with E-state index in [0.29, 0.717) is 0 Å². The Morgan fingerprint density at radius 3 is 2.33 bits per heavy atom. The minimum absolute atomic E-state index is 0.761. The SMILES string of the molecule is C=CCC1CCC(CCc2ccc(COCCCCC)cc2)CC1. The summed E-state index contributed by atoms with van der Waals surface area (Å²) < 4.78 is 5.74. The molecule has 1 aromatic carbocycles. The summed E-state index contributed by atoms with van der Waals surface area (Å²) in [6.07, 6.45) is 15.3. The molecule has 1 aliphatic rings. The predicted octanol–water partition coefficient (Wildman–Crippen LogP) is 6.71. The summed E-state index contributed by atoms with van der Waals surface area (Å²) in [5, 5.41) is 0. The molecule has 0 N–H and O–H groups in total. The molecule has 0 atom stereocenters. The van der Waals surface area contributed by atoms with Crippen LogP contribution < -0.4 is 0 Å². The maximum absolute atomic E-state index is 5.74. The fourth-order valence-electron chi connectivity index (χ4n) is 3.81. The number of hydrogen-bond acceptors (Lipinski definition) is 1. The van der Waals surface area contributed by atoms with Gasteiger partial charge in [-0.05, 0) is 61.5 Å². The largest absolute Gasteiger partial charge is 0.377 e. The molecule has 0 unspecified atom stereocenters. The molecular weight excluding hydrogens is 292 g/mol. The van der Waals surface area contributed by atoms with Crippen molar-refractivity contribution in [3.05, 3.63) is 48.0 Å². The third-order valence-electron chi connectivity index (χ3n) is 5.49. The Bertz CT molecular complexity index is 440. The van der Waals surface area contributed by atoms with Crippen LogP contribution in [0.1, 0.15) is 75.8 Å². The van der Waals surface area contributed by atoms with E-state index in [4.69, 9.17) is 4.74 Å². The van der Waals surface area contributed by atoms with Crippen LogP contribution in [0.5, 0.6) is 0 Å². The highest BCUT2D eigenvalue weighted by Gasteiger charge is 2.19. The highest BCUT2D eigenvalue weighted by Crippen LogP contribution is 2.33. The smallest absolute Gasteiger partial charge is 0.0716 e. The van der Waals surface area contributed by atoms with E-state index in [2.05, 4.69) is 43.8 Å². The zero-order chi connectivity index (χ0) is 17.0. The number of aryl methyl sites for hydroxylation is 1. The molecule has 0 aliphatic heterocycles. The summed E-state index contributed by atoms with van der Waals surface area (Å²) in [5.41, 5.74) is 2.79. The van der Waals surface area contributed by atoms with Crippen molar-refractivity contribution in [1.82, 2.24) is 0 Å². The Balaban J connectivity index is 1.62. The third-order valence-corrected chi connectivity index (χ3v) is 5.49. The van der Waals surface area contributed by atoms with Crippen molar-refractivity contribution in [3.8, 4) is 0 Å². The van der Waals surface area contributed by atoms with Crippen molar-refractivity contribution in [2.45, 2.75) is 77.7 Å². The minimum atomic E-state index is 0.761. The van der Waals surface area contributed by atoms with Crippen molar-refractivity contribution >= 4 is 0 Å². The predicted molar refractivity (Wildman–Crippen MR) is 104 cm³/mol. The molecule has 1 aromatic rings. The molecule has 1 fully saturated rings. The average molecular weight is 329 g/mol. The number of hydrogen-bond donors (Lipinski definition) is 0. The third kappa shape index (κ3) is 7.21. The number of unbranched alkanes of at least 4 members (excludes halogenated alkanes) is 2. The van der Waals surface area contributed by atoms with Crippen LogP contribution in [0.4, 0.5) is 0 Å². The lowest BCUT2D eigenvalue weighted by molar-refractivity contribution is 0.117. The van der Waals surface area contributed by atoms with Gasteiger partial charge in [0.2, 0.25) is 0 Å². The lowest BCUT2D eigenvalue weighted by atomic mass is 9.78. The van der Waals surface area contributed by atoms with Crippen LogP contribution in [-0.4, -0.2) is 6.61 Å². The monoisotopic (exact) mass is 328 g/mol. The fraction of sp³-hybridized carbons (Fsp3) is 0.652. The van der Waals surface area contributed by atoms with Crippen molar-refractivity contribution < 1.29 is 4.74 Å². The number of rotatable bonds is 11. The van der Waals surface area contributed by atoms with Crippen molar-refractivity contribution in [1.29, 1.82) is 0 Å². The van der Waals surface area contributed by atoms with Gasteiger partial charge in [0.1, 0.15) is 0 Å². The van der Waals surface area contributed by atoms with Crippen LogP contribution in [0.25, 0.3) is 0 Å². The number of ether oxygens (including phenoxy) is 1. The van der Waals surface area contributed by atoms with E-state index in [1.165, 1.54) is 75.3 Å². The van der Waals surface area contributed by atoms with Crippen molar-refractivity contribution in [2.75, 3.05) is 6.61 Å². The first-order valence-corrected chi connectivity index (χ1v) is 10.1. The molecule has 2 rings (SSSR count). The van der Waals surface area contributed by atoms with Gasteiger partial charge in [-0.3, -0.25) is 0 Å². The molecule has 0 radical (unpaired) electrons. The van der Waals surface area contributed by atoms with Crippen LogP contribution in [0.3, 0.4) is 0 Å². The second-order valence-electron chi connectivity index (χ2n) is 7.53. The zero-order valence-corrected chi connectivity index (χ0v) is 15.6. The van der Waals surface area contributed by atoms with Gasteiger partial charge in [-0.25, -0.2) is 0 Å². The molecule has 134 valence electrons. The topological polar surface area (TPSA) is 9.23 Å². The van der Waals surface area contributed by atoms with Gasteiger partial charge in [-0.1, -0.05) is 62.9 Å². The Morgan fingerprint density at radius 2 is 1.67 bits per heavy atom. The first-order chi connectivity index (χ1) is 11.8. The minimum Gasteiger partial charge on any atom is -0.377 e. The van der Waals surface area contributed by atoms with Crippen LogP contribution >= 0.6 is 0 Å². The molecule has 1 nitrogen and oxygen atoms in total. The molecule has 0 amide bonds. The van der Waals surface area contributed by atoms with Gasteiger partial charge in [0.05, 0.1) is 6.61 Å². The van der Waals surface area contributed by atoms with Gasteiger partial charge in [0.25, 0.3) is 0 Å². The average Bonchev–Trinajstić information content (AvgIpc) is 2.62. The van der Waals surface area contributed by atoms with Gasteiger partial charge < -0.3 is 4.74 Å². The maximum atomic E-state index is 5.74. The van der Waals surface area contributed by atoms with Gasteiger partial charge in [0.15, 0.2) is 0 Å². The lowest BCUT2D eigenvalue weighted by Gasteiger charge is -2.27. The molecule has 0 aromatic heterocycles. The standard InChI is InChI=1S/C23H36O/c1-3-5-6-18-24-19-23-16-14-22(15-17-23)13-12-21-10-8-20(7-4-2)9-11-21/h4,14-17,20-21H,2-3,5-13,18-19H2,1H3. The van der Waals surface area contributed by atoms with Crippen LogP contribution in [0, 0.1) is 11.8 Å². The van der Waals surface area contributed by atoms with Crippen molar-refractivity contribution in [2.24, 2.45) is 11.8 Å². The van der Waals surface area contributed by atoms with Gasteiger partial charge in [-0.15, -0.1) is 6.58 Å². The van der Waals surface area contributed by atoms with E-state index >= 15 is 0 Å². The fourth-order valence-corrected chi connectivity index (χ4v) is 3.81. The summed E-state index contributed by atoms with van der Waals surface area (Å²) in [7, 11) is 0. The van der Waals surface area contributed by atoms with Crippen molar-refractivity contribution in [3.63, 3.8) is 0 Å². The Morgan fingerprint density at radius 1 is 1.00 bits per heavy atom. The number of benzene rings is 1. The molecule has 1 aliphatic carbocycles. The molecule has 1 saturated carbocycles. The molecule has 1 heteroatoms. The molecule has 0 bridgehead atoms. The first-order valence-electron chi connectivity index (χ1n) is 10.1. The highest BCUT2D eigenvalue weighted by atomic mass is 16.5. The second-order valence-corrected chi connectivity index (χ2v) is 7.53. The lowest BCUT2D eigenvalue weighted by Crippen LogP contribution is -2.14. The molecule has 0 heterocycles.